The number of ether oxygens (including phenoxy) is 2. The van der Waals surface area contributed by atoms with E-state index in [1.165, 1.54) is 13.0 Å². The molecule has 4 rings (SSSR count). The van der Waals surface area contributed by atoms with E-state index in [4.69, 9.17) is 25.5 Å². The van der Waals surface area contributed by atoms with Crippen LogP contribution in [0.1, 0.15) is 22.3 Å². The highest BCUT2D eigenvalue weighted by atomic mass is 35.5. The largest absolute Gasteiger partial charge is 0.473 e. The highest BCUT2D eigenvalue weighted by Crippen LogP contribution is 2.35. The van der Waals surface area contributed by atoms with Gasteiger partial charge in [-0.2, -0.15) is 0 Å². The molecule has 1 atom stereocenters. The van der Waals surface area contributed by atoms with Crippen molar-refractivity contribution < 1.29 is 23.5 Å². The summed E-state index contributed by atoms with van der Waals surface area (Å²) in [5.41, 5.74) is 0.775. The Labute approximate surface area is 215 Å². The lowest BCUT2D eigenvalue weighted by molar-refractivity contribution is -0.122. The van der Waals surface area contributed by atoms with Crippen molar-refractivity contribution in [3.63, 3.8) is 0 Å². The molecule has 0 fully saturated rings. The number of aryl methyl sites for hydroxylation is 1. The first-order valence-electron chi connectivity index (χ1n) is 10.8. The third kappa shape index (κ3) is 5.17. The number of para-hydroxylation sites is 1. The van der Waals surface area contributed by atoms with Gasteiger partial charge in [0.25, 0.3) is 5.91 Å². The Hall–Kier alpha value is -3.95. The third-order valence-electron chi connectivity index (χ3n) is 5.08. The zero-order valence-corrected chi connectivity index (χ0v) is 20.9. The van der Waals surface area contributed by atoms with Gasteiger partial charge in [0.15, 0.2) is 17.0 Å². The lowest BCUT2D eigenvalue weighted by atomic mass is 10.1. The van der Waals surface area contributed by atoms with Crippen molar-refractivity contribution in [1.82, 2.24) is 4.98 Å². The second kappa shape index (κ2) is 10.8. The molecule has 1 amide bonds. The van der Waals surface area contributed by atoms with E-state index in [0.717, 1.165) is 11.3 Å². The second-order valence-corrected chi connectivity index (χ2v) is 9.04. The summed E-state index contributed by atoms with van der Waals surface area (Å²) < 4.78 is 16.9. The molecule has 36 heavy (non-hydrogen) atoms. The minimum absolute atomic E-state index is 0.0604. The molecular weight excluding hydrogens is 504 g/mol. The summed E-state index contributed by atoms with van der Waals surface area (Å²) in [6.45, 7) is 6.68. The number of aromatic nitrogens is 1. The van der Waals surface area contributed by atoms with Crippen LogP contribution in [-0.4, -0.2) is 29.6 Å². The van der Waals surface area contributed by atoms with Crippen molar-refractivity contribution in [3.8, 4) is 17.1 Å². The van der Waals surface area contributed by atoms with Crippen LogP contribution in [0, 0.1) is 6.92 Å². The highest BCUT2D eigenvalue weighted by molar-refractivity contribution is 7.17. The molecule has 4 aromatic rings. The number of hydrogen-bond donors (Lipinski definition) is 1. The van der Waals surface area contributed by atoms with Gasteiger partial charge in [0.05, 0.1) is 16.1 Å². The van der Waals surface area contributed by atoms with Crippen LogP contribution < -0.4 is 15.5 Å². The second-order valence-electron chi connectivity index (χ2n) is 7.64. The zero-order valence-electron chi connectivity index (χ0n) is 19.4. The summed E-state index contributed by atoms with van der Waals surface area (Å²) >= 11 is 7.34. The minimum Gasteiger partial charge on any atom is -0.473 e. The van der Waals surface area contributed by atoms with E-state index in [0.29, 0.717) is 27.2 Å². The number of nitrogens with zero attached hydrogens (tertiary/aromatic N) is 1. The molecule has 0 aliphatic rings. The molecule has 0 bridgehead atoms. The summed E-state index contributed by atoms with van der Waals surface area (Å²) in [5.74, 6) is -1.17. The molecule has 1 N–H and O–H groups in total. The lowest BCUT2D eigenvalue weighted by Crippen LogP contribution is -2.31. The first-order chi connectivity index (χ1) is 17.3. The van der Waals surface area contributed by atoms with Crippen LogP contribution in [-0.2, 0) is 9.53 Å². The van der Waals surface area contributed by atoms with Gasteiger partial charge in [-0.05, 0) is 38.1 Å². The van der Waals surface area contributed by atoms with Gasteiger partial charge in [-0.3, -0.25) is 14.9 Å². The number of rotatable bonds is 8. The molecule has 10 heteroatoms. The molecule has 2 aromatic carbocycles. The highest BCUT2D eigenvalue weighted by Gasteiger charge is 2.25. The summed E-state index contributed by atoms with van der Waals surface area (Å²) in [4.78, 5) is 42.9. The van der Waals surface area contributed by atoms with E-state index in [1.807, 2.05) is 0 Å². The molecule has 1 unspecified atom stereocenters. The van der Waals surface area contributed by atoms with E-state index in [1.54, 1.807) is 55.5 Å². The molecule has 8 nitrogen and oxygen atoms in total. The summed E-state index contributed by atoms with van der Waals surface area (Å²) in [6, 6.07) is 13.6. The average molecular weight is 525 g/mol. The van der Waals surface area contributed by atoms with E-state index >= 15 is 0 Å². The number of thiazole rings is 1. The SMILES string of the molecule is C=CCOC(=O)c1sc(NC(=O)C(C)Oc2c(-c3ccccc3Cl)oc3ccccc3c2=O)nc1C. The van der Waals surface area contributed by atoms with Gasteiger partial charge in [0, 0.05) is 5.56 Å². The Bertz CT molecular complexity index is 1530. The van der Waals surface area contributed by atoms with Crippen LogP contribution >= 0.6 is 22.9 Å². The molecule has 2 heterocycles. The predicted octanol–water partition coefficient (Wildman–Crippen LogP) is 5.63. The van der Waals surface area contributed by atoms with Gasteiger partial charge in [-0.15, -0.1) is 0 Å². The van der Waals surface area contributed by atoms with E-state index in [2.05, 4.69) is 16.9 Å². The molecule has 0 spiro atoms. The maximum Gasteiger partial charge on any atom is 0.350 e. The van der Waals surface area contributed by atoms with Gasteiger partial charge < -0.3 is 13.9 Å². The number of amides is 1. The van der Waals surface area contributed by atoms with Gasteiger partial charge in [-0.1, -0.05) is 59.9 Å². The molecule has 0 radical (unpaired) electrons. The molecule has 0 aliphatic heterocycles. The molecule has 2 aromatic heterocycles. The Morgan fingerprint density at radius 3 is 2.69 bits per heavy atom. The fourth-order valence-electron chi connectivity index (χ4n) is 3.33. The van der Waals surface area contributed by atoms with Crippen molar-refractivity contribution in [2.75, 3.05) is 11.9 Å². The third-order valence-corrected chi connectivity index (χ3v) is 6.47. The number of halogens is 1. The monoisotopic (exact) mass is 524 g/mol. The van der Waals surface area contributed by atoms with Crippen molar-refractivity contribution in [1.29, 1.82) is 0 Å². The Morgan fingerprint density at radius 1 is 1.22 bits per heavy atom. The fraction of sp³-hybridized carbons (Fsp3) is 0.154. The Morgan fingerprint density at radius 2 is 1.94 bits per heavy atom. The van der Waals surface area contributed by atoms with Crippen LogP contribution in [0.5, 0.6) is 5.75 Å². The molecule has 184 valence electrons. The van der Waals surface area contributed by atoms with E-state index in [-0.39, 0.29) is 28.1 Å². The summed E-state index contributed by atoms with van der Waals surface area (Å²) in [5, 5.41) is 3.46. The topological polar surface area (TPSA) is 108 Å². The fourth-order valence-corrected chi connectivity index (χ4v) is 4.42. The number of nitrogens with one attached hydrogen (secondary N) is 1. The van der Waals surface area contributed by atoms with Crippen molar-refractivity contribution >= 4 is 50.9 Å². The molecule has 0 saturated carbocycles. The number of carbonyl (C=O) groups is 2. The zero-order chi connectivity index (χ0) is 25.8. The lowest BCUT2D eigenvalue weighted by Gasteiger charge is -2.16. The van der Waals surface area contributed by atoms with E-state index < -0.39 is 23.4 Å². The maximum atomic E-state index is 13.3. The van der Waals surface area contributed by atoms with Crippen LogP contribution in [0.4, 0.5) is 5.13 Å². The quantitative estimate of drug-likeness (QED) is 0.235. The number of anilines is 1. The maximum absolute atomic E-state index is 13.3. The normalized spacial score (nSPS) is 11.6. The Kier molecular flexibility index (Phi) is 7.52. The summed E-state index contributed by atoms with van der Waals surface area (Å²) in [6.07, 6.45) is 0.339. The number of esters is 1. The first kappa shape index (κ1) is 25.2. The number of fused-ring (bicyclic) bond motifs is 1. The van der Waals surface area contributed by atoms with Crippen LogP contribution in [0.2, 0.25) is 5.02 Å². The van der Waals surface area contributed by atoms with Crippen LogP contribution in [0.15, 0.2) is 70.4 Å². The standard InChI is InChI=1S/C26H21ClN2O6S/c1-4-13-33-25(32)23-14(2)28-26(36-23)29-24(31)15(3)34-22-20(30)17-10-6-8-12-19(17)35-21(22)16-9-5-7-11-18(16)27/h4-12,15H,1,13H2,2-3H3,(H,28,29,31). The average Bonchev–Trinajstić information content (AvgIpc) is 3.24. The van der Waals surface area contributed by atoms with Gasteiger partial charge in [-0.25, -0.2) is 9.78 Å². The smallest absolute Gasteiger partial charge is 0.350 e. The first-order valence-corrected chi connectivity index (χ1v) is 12.0. The van der Waals surface area contributed by atoms with Gasteiger partial charge in [0.2, 0.25) is 11.2 Å². The summed E-state index contributed by atoms with van der Waals surface area (Å²) in [7, 11) is 0. The van der Waals surface area contributed by atoms with Crippen LogP contribution in [0.3, 0.4) is 0 Å². The van der Waals surface area contributed by atoms with Crippen molar-refractivity contribution in [2.24, 2.45) is 0 Å². The molecular formula is C26H21ClN2O6S. The number of hydrogen-bond acceptors (Lipinski definition) is 8. The minimum atomic E-state index is -1.12. The molecule has 0 saturated heterocycles. The van der Waals surface area contributed by atoms with E-state index in [9.17, 15) is 14.4 Å². The van der Waals surface area contributed by atoms with Gasteiger partial charge in [0.1, 0.15) is 17.1 Å². The van der Waals surface area contributed by atoms with Crippen molar-refractivity contribution in [2.45, 2.75) is 20.0 Å². The predicted molar refractivity (Wildman–Crippen MR) is 139 cm³/mol. The van der Waals surface area contributed by atoms with Crippen LogP contribution in [0.25, 0.3) is 22.3 Å². The van der Waals surface area contributed by atoms with Crippen molar-refractivity contribution in [3.05, 3.63) is 87.0 Å². The van der Waals surface area contributed by atoms with Gasteiger partial charge >= 0.3 is 5.97 Å². The molecule has 0 aliphatic carbocycles. The number of benzene rings is 2. The Balaban J connectivity index is 1.63. The number of carbonyl (C=O) groups excluding carboxylic acids is 2.